The molecule has 2 unspecified atom stereocenters. The Hall–Kier alpha value is -2.07. The summed E-state index contributed by atoms with van der Waals surface area (Å²) in [6.45, 7) is 11.0. The van der Waals surface area contributed by atoms with E-state index in [0.717, 1.165) is 26.1 Å². The summed E-state index contributed by atoms with van der Waals surface area (Å²) in [5.41, 5.74) is 1.26. The molecule has 0 spiro atoms. The number of nitrogens with zero attached hydrogens (tertiary/aromatic N) is 5. The van der Waals surface area contributed by atoms with Gasteiger partial charge < -0.3 is 19.1 Å². The number of anilines is 1. The Morgan fingerprint density at radius 3 is 2.62 bits per heavy atom. The van der Waals surface area contributed by atoms with Gasteiger partial charge in [0.1, 0.15) is 17.7 Å². The lowest BCUT2D eigenvalue weighted by Gasteiger charge is -2.44. The van der Waals surface area contributed by atoms with Crippen LogP contribution in [0.2, 0.25) is 5.02 Å². The van der Waals surface area contributed by atoms with Crippen molar-refractivity contribution in [3.63, 3.8) is 0 Å². The summed E-state index contributed by atoms with van der Waals surface area (Å²) in [4.78, 5) is 26.0. The first-order chi connectivity index (χ1) is 15.0. The van der Waals surface area contributed by atoms with E-state index in [1.54, 1.807) is 6.33 Å². The largest absolute Gasteiger partial charge is 0.444 e. The number of halogens is 2. The van der Waals surface area contributed by atoms with E-state index in [9.17, 15) is 4.79 Å². The predicted molar refractivity (Wildman–Crippen MR) is 136 cm³/mol. The third-order valence-electron chi connectivity index (χ3n) is 5.49. The number of hydrogen-bond donors (Lipinski definition) is 0. The highest BCUT2D eigenvalue weighted by Crippen LogP contribution is 2.34. The minimum atomic E-state index is -0.518. The Balaban J connectivity index is 1.68. The van der Waals surface area contributed by atoms with Gasteiger partial charge in [0.25, 0.3) is 0 Å². The summed E-state index contributed by atoms with van der Waals surface area (Å²) in [6, 6.07) is 7.77. The number of benzene rings is 1. The summed E-state index contributed by atoms with van der Waals surface area (Å²) in [6.07, 6.45) is 3.39. The lowest BCUT2D eigenvalue weighted by atomic mass is 10.1. The molecule has 3 aromatic rings. The molecule has 0 N–H and O–H groups in total. The summed E-state index contributed by atoms with van der Waals surface area (Å²) in [5.74, 6) is 0.878. The third kappa shape index (κ3) is 4.52. The van der Waals surface area contributed by atoms with Crippen LogP contribution in [0.3, 0.4) is 0 Å². The zero-order valence-electron chi connectivity index (χ0n) is 18.8. The van der Waals surface area contributed by atoms with Gasteiger partial charge in [0.2, 0.25) is 0 Å². The molecule has 32 heavy (non-hydrogen) atoms. The van der Waals surface area contributed by atoms with Crippen LogP contribution in [0.1, 0.15) is 34.6 Å². The average molecular weight is 568 g/mol. The summed E-state index contributed by atoms with van der Waals surface area (Å²) < 4.78 is 8.71. The quantitative estimate of drug-likeness (QED) is 0.382. The van der Waals surface area contributed by atoms with Crippen molar-refractivity contribution in [3.8, 4) is 5.69 Å². The van der Waals surface area contributed by atoms with E-state index in [2.05, 4.69) is 50.6 Å². The number of ether oxygens (including phenoxy) is 1. The SMILES string of the molecule is CC1CN(c2ncnc3c2c(I)cn3-c2cccc(Cl)c2)C(C)CN1C(=O)OC(C)(C)C. The van der Waals surface area contributed by atoms with Crippen molar-refractivity contribution in [2.75, 3.05) is 18.0 Å². The molecule has 1 aromatic carbocycles. The Labute approximate surface area is 206 Å². The van der Waals surface area contributed by atoms with Crippen molar-refractivity contribution in [1.82, 2.24) is 19.4 Å². The zero-order valence-corrected chi connectivity index (χ0v) is 21.8. The van der Waals surface area contributed by atoms with E-state index < -0.39 is 5.60 Å². The Bertz CT molecular complexity index is 1160. The van der Waals surface area contributed by atoms with Crippen molar-refractivity contribution in [2.45, 2.75) is 52.3 Å². The maximum Gasteiger partial charge on any atom is 0.410 e. The Morgan fingerprint density at radius 1 is 1.19 bits per heavy atom. The monoisotopic (exact) mass is 567 g/mol. The fourth-order valence-corrected chi connectivity index (χ4v) is 4.99. The van der Waals surface area contributed by atoms with Crippen LogP contribution in [-0.4, -0.2) is 56.3 Å². The van der Waals surface area contributed by atoms with Gasteiger partial charge in [-0.3, -0.25) is 0 Å². The molecule has 7 nitrogen and oxygen atoms in total. The molecule has 170 valence electrons. The van der Waals surface area contributed by atoms with Crippen molar-refractivity contribution in [3.05, 3.63) is 45.4 Å². The van der Waals surface area contributed by atoms with Crippen molar-refractivity contribution in [1.29, 1.82) is 0 Å². The topological polar surface area (TPSA) is 63.5 Å². The number of carbonyl (C=O) groups is 1. The van der Waals surface area contributed by atoms with Crippen LogP contribution in [0.15, 0.2) is 36.8 Å². The molecule has 0 aliphatic carbocycles. The zero-order chi connectivity index (χ0) is 23.2. The second-order valence-corrected chi connectivity index (χ2v) is 10.8. The van der Waals surface area contributed by atoms with E-state index in [1.165, 1.54) is 0 Å². The number of fused-ring (bicyclic) bond motifs is 1. The fraction of sp³-hybridized carbons (Fsp3) is 0.435. The number of rotatable bonds is 2. The molecule has 9 heteroatoms. The predicted octanol–water partition coefficient (Wildman–Crippen LogP) is 5.51. The minimum Gasteiger partial charge on any atom is -0.444 e. The average Bonchev–Trinajstić information content (AvgIpc) is 3.05. The molecular formula is C23H27ClIN5O2. The molecule has 1 amide bonds. The summed E-state index contributed by atoms with van der Waals surface area (Å²) >= 11 is 8.55. The maximum atomic E-state index is 12.7. The number of hydrogen-bond acceptors (Lipinski definition) is 5. The number of amides is 1. The van der Waals surface area contributed by atoms with Crippen molar-refractivity contribution >= 4 is 57.1 Å². The molecule has 0 bridgehead atoms. The summed E-state index contributed by atoms with van der Waals surface area (Å²) in [7, 11) is 0. The molecule has 4 rings (SSSR count). The Morgan fingerprint density at radius 2 is 1.94 bits per heavy atom. The number of carbonyl (C=O) groups excluding carboxylic acids is 1. The van der Waals surface area contributed by atoms with Crippen molar-refractivity contribution in [2.24, 2.45) is 0 Å². The van der Waals surface area contributed by atoms with Crippen LogP contribution in [0, 0.1) is 3.57 Å². The van der Waals surface area contributed by atoms with Gasteiger partial charge in [-0.05, 0) is 75.4 Å². The molecule has 2 aromatic heterocycles. The molecule has 1 aliphatic rings. The third-order valence-corrected chi connectivity index (χ3v) is 6.54. The molecule has 0 radical (unpaired) electrons. The van der Waals surface area contributed by atoms with Gasteiger partial charge in [-0.1, -0.05) is 17.7 Å². The first-order valence-electron chi connectivity index (χ1n) is 10.6. The first-order valence-corrected chi connectivity index (χ1v) is 12.0. The molecule has 1 fully saturated rings. The lowest BCUT2D eigenvalue weighted by Crippen LogP contribution is -2.59. The van der Waals surface area contributed by atoms with E-state index in [0.29, 0.717) is 18.1 Å². The fourth-order valence-electron chi connectivity index (χ4n) is 4.04. The van der Waals surface area contributed by atoms with Gasteiger partial charge >= 0.3 is 6.09 Å². The number of piperazine rings is 1. The molecular weight excluding hydrogens is 541 g/mol. The van der Waals surface area contributed by atoms with Crippen LogP contribution >= 0.6 is 34.2 Å². The van der Waals surface area contributed by atoms with Crippen LogP contribution in [0.5, 0.6) is 0 Å². The minimum absolute atomic E-state index is 0.0151. The van der Waals surface area contributed by atoms with Gasteiger partial charge in [-0.25, -0.2) is 14.8 Å². The van der Waals surface area contributed by atoms with Crippen LogP contribution in [0.4, 0.5) is 10.6 Å². The van der Waals surface area contributed by atoms with Crippen LogP contribution < -0.4 is 4.90 Å². The smallest absolute Gasteiger partial charge is 0.410 e. The second-order valence-electron chi connectivity index (χ2n) is 9.21. The maximum absolute atomic E-state index is 12.7. The summed E-state index contributed by atoms with van der Waals surface area (Å²) in [5, 5.41) is 1.67. The van der Waals surface area contributed by atoms with E-state index in [4.69, 9.17) is 16.3 Å². The van der Waals surface area contributed by atoms with E-state index in [1.807, 2.05) is 61.4 Å². The molecule has 1 aliphatic heterocycles. The van der Waals surface area contributed by atoms with Crippen LogP contribution in [-0.2, 0) is 4.74 Å². The van der Waals surface area contributed by atoms with Gasteiger partial charge in [-0.2, -0.15) is 0 Å². The van der Waals surface area contributed by atoms with Gasteiger partial charge in [0, 0.05) is 45.7 Å². The van der Waals surface area contributed by atoms with Crippen molar-refractivity contribution < 1.29 is 9.53 Å². The van der Waals surface area contributed by atoms with Gasteiger partial charge in [0.05, 0.1) is 5.39 Å². The van der Waals surface area contributed by atoms with E-state index in [-0.39, 0.29) is 18.2 Å². The standard InChI is InChI=1S/C23H27ClIN5O2/c1-14-11-29(22(31)32-23(3,4)5)15(2)10-28(14)20-19-18(25)12-30(21(19)27-13-26-20)17-8-6-7-16(24)9-17/h6-9,12-15H,10-11H2,1-5H3. The van der Waals surface area contributed by atoms with Gasteiger partial charge in [0.15, 0.2) is 5.65 Å². The van der Waals surface area contributed by atoms with E-state index >= 15 is 0 Å². The molecule has 1 saturated heterocycles. The highest BCUT2D eigenvalue weighted by Gasteiger charge is 2.36. The second kappa shape index (κ2) is 8.70. The highest BCUT2D eigenvalue weighted by atomic mass is 127. The highest BCUT2D eigenvalue weighted by molar-refractivity contribution is 14.1. The normalized spacial score (nSPS) is 19.5. The lowest BCUT2D eigenvalue weighted by molar-refractivity contribution is 0.0130. The molecule has 2 atom stereocenters. The van der Waals surface area contributed by atoms with Gasteiger partial charge in [-0.15, -0.1) is 0 Å². The Kier molecular flexibility index (Phi) is 6.28. The number of aromatic nitrogens is 3. The molecule has 3 heterocycles. The first kappa shape index (κ1) is 23.1. The molecule has 0 saturated carbocycles. The van der Waals surface area contributed by atoms with Crippen LogP contribution in [0.25, 0.3) is 16.7 Å².